The molecule has 0 spiro atoms. The number of carboxylic acid groups (broad SMARTS) is 1. The summed E-state index contributed by atoms with van der Waals surface area (Å²) in [6.07, 6.45) is 14.9. The lowest BCUT2D eigenvalue weighted by Crippen LogP contribution is -1.93. The lowest BCUT2D eigenvalue weighted by molar-refractivity contribution is -0.137. The lowest BCUT2D eigenvalue weighted by Gasteiger charge is -2.05. The Morgan fingerprint density at radius 1 is 0.789 bits per heavy atom. The molecule has 2 heteroatoms. The van der Waals surface area contributed by atoms with Gasteiger partial charge in [-0.2, -0.15) is 0 Å². The number of hydrogen-bond acceptors (Lipinski definition) is 1. The van der Waals surface area contributed by atoms with Gasteiger partial charge in [-0.15, -0.1) is 0 Å². The van der Waals surface area contributed by atoms with E-state index >= 15 is 0 Å². The minimum atomic E-state index is -0.670. The van der Waals surface area contributed by atoms with Crippen LogP contribution in [0.15, 0.2) is 12.2 Å². The molecule has 0 radical (unpaired) electrons. The largest absolute Gasteiger partial charge is 0.481 e. The van der Waals surface area contributed by atoms with Crippen molar-refractivity contribution in [2.45, 2.75) is 90.4 Å². The monoisotopic (exact) mass is 268 g/mol. The van der Waals surface area contributed by atoms with Crippen LogP contribution in [0.2, 0.25) is 0 Å². The van der Waals surface area contributed by atoms with Crippen molar-refractivity contribution in [2.24, 2.45) is 0 Å². The van der Waals surface area contributed by atoms with Gasteiger partial charge in [-0.3, -0.25) is 4.79 Å². The summed E-state index contributed by atoms with van der Waals surface area (Å²) in [5.41, 5.74) is 1.40. The number of rotatable bonds is 14. The summed E-state index contributed by atoms with van der Waals surface area (Å²) in [7, 11) is 0. The van der Waals surface area contributed by atoms with Crippen LogP contribution in [-0.2, 0) is 4.79 Å². The normalized spacial score (nSPS) is 10.6. The summed E-state index contributed by atoms with van der Waals surface area (Å²) < 4.78 is 0. The maximum absolute atomic E-state index is 10.3. The first kappa shape index (κ1) is 18.2. The Hall–Kier alpha value is -0.790. The Morgan fingerprint density at radius 3 is 1.68 bits per heavy atom. The van der Waals surface area contributed by atoms with E-state index in [1.807, 2.05) is 0 Å². The standard InChI is InChI=1S/C17H32O2/c1-3-4-5-7-10-13-16(2)14-11-8-6-9-12-15-17(18)19/h2-15H2,1H3,(H,18,19). The zero-order valence-electron chi connectivity index (χ0n) is 12.8. The van der Waals surface area contributed by atoms with Gasteiger partial charge in [0, 0.05) is 6.42 Å². The topological polar surface area (TPSA) is 37.3 Å². The van der Waals surface area contributed by atoms with Gasteiger partial charge in [-0.1, -0.05) is 64.0 Å². The molecule has 2 nitrogen and oxygen atoms in total. The third kappa shape index (κ3) is 15.2. The third-order valence-corrected chi connectivity index (χ3v) is 3.55. The average Bonchev–Trinajstić information content (AvgIpc) is 2.37. The van der Waals surface area contributed by atoms with Crippen LogP contribution >= 0.6 is 0 Å². The minimum Gasteiger partial charge on any atom is -0.481 e. The number of aliphatic carboxylic acids is 1. The highest BCUT2D eigenvalue weighted by atomic mass is 16.4. The number of carbonyl (C=O) groups is 1. The summed E-state index contributed by atoms with van der Waals surface area (Å²) in [5.74, 6) is -0.670. The van der Waals surface area contributed by atoms with Gasteiger partial charge in [0.15, 0.2) is 0 Å². The molecule has 112 valence electrons. The zero-order chi connectivity index (χ0) is 14.3. The molecule has 0 unspecified atom stereocenters. The summed E-state index contributed by atoms with van der Waals surface area (Å²) >= 11 is 0. The van der Waals surface area contributed by atoms with Crippen LogP contribution in [0.1, 0.15) is 90.4 Å². The van der Waals surface area contributed by atoms with Crippen molar-refractivity contribution in [3.05, 3.63) is 12.2 Å². The first-order valence-corrected chi connectivity index (χ1v) is 8.05. The van der Waals surface area contributed by atoms with E-state index in [4.69, 9.17) is 5.11 Å². The van der Waals surface area contributed by atoms with Crippen molar-refractivity contribution in [3.63, 3.8) is 0 Å². The summed E-state index contributed by atoms with van der Waals surface area (Å²) in [6, 6.07) is 0. The Morgan fingerprint density at radius 2 is 1.21 bits per heavy atom. The van der Waals surface area contributed by atoms with Crippen LogP contribution in [0, 0.1) is 0 Å². The molecule has 0 atom stereocenters. The molecule has 19 heavy (non-hydrogen) atoms. The number of carboxylic acids is 1. The zero-order valence-corrected chi connectivity index (χ0v) is 12.8. The van der Waals surface area contributed by atoms with E-state index in [2.05, 4.69) is 13.5 Å². The van der Waals surface area contributed by atoms with Crippen LogP contribution in [0.3, 0.4) is 0 Å². The van der Waals surface area contributed by atoms with E-state index in [-0.39, 0.29) is 0 Å². The average molecular weight is 268 g/mol. The van der Waals surface area contributed by atoms with E-state index in [1.165, 1.54) is 56.9 Å². The van der Waals surface area contributed by atoms with Crippen molar-refractivity contribution in [3.8, 4) is 0 Å². The van der Waals surface area contributed by atoms with E-state index in [0.717, 1.165) is 25.7 Å². The molecule has 0 bridgehead atoms. The van der Waals surface area contributed by atoms with Gasteiger partial charge in [-0.25, -0.2) is 0 Å². The molecule has 0 aliphatic heterocycles. The molecule has 1 N–H and O–H groups in total. The van der Waals surface area contributed by atoms with Crippen LogP contribution in [-0.4, -0.2) is 11.1 Å². The molecule has 0 aliphatic carbocycles. The molecule has 0 aliphatic rings. The quantitative estimate of drug-likeness (QED) is 0.323. The van der Waals surface area contributed by atoms with Gasteiger partial charge in [0.25, 0.3) is 0 Å². The van der Waals surface area contributed by atoms with Crippen LogP contribution in [0.25, 0.3) is 0 Å². The smallest absolute Gasteiger partial charge is 0.303 e. The second-order valence-electron chi connectivity index (χ2n) is 5.58. The molecule has 0 saturated carbocycles. The maximum atomic E-state index is 10.3. The van der Waals surface area contributed by atoms with Crippen LogP contribution in [0.4, 0.5) is 0 Å². The molecular weight excluding hydrogens is 236 g/mol. The molecule has 0 aromatic heterocycles. The Labute approximate surface area is 119 Å². The number of allylic oxidation sites excluding steroid dienone is 1. The van der Waals surface area contributed by atoms with Crippen molar-refractivity contribution >= 4 is 5.97 Å². The van der Waals surface area contributed by atoms with E-state index in [9.17, 15) is 4.79 Å². The maximum Gasteiger partial charge on any atom is 0.303 e. The van der Waals surface area contributed by atoms with Crippen molar-refractivity contribution in [2.75, 3.05) is 0 Å². The van der Waals surface area contributed by atoms with Gasteiger partial charge in [-0.05, 0) is 32.1 Å². The SMILES string of the molecule is C=C(CCCCCCC)CCCCCCCC(=O)O. The van der Waals surface area contributed by atoms with Gasteiger partial charge < -0.3 is 5.11 Å². The number of hydrogen-bond donors (Lipinski definition) is 1. The van der Waals surface area contributed by atoms with Gasteiger partial charge in [0.05, 0.1) is 0 Å². The fourth-order valence-corrected chi connectivity index (χ4v) is 2.29. The highest BCUT2D eigenvalue weighted by Crippen LogP contribution is 2.16. The van der Waals surface area contributed by atoms with Gasteiger partial charge in [0.2, 0.25) is 0 Å². The molecule has 0 aromatic carbocycles. The molecule has 0 amide bonds. The first-order chi connectivity index (χ1) is 9.16. The van der Waals surface area contributed by atoms with E-state index < -0.39 is 5.97 Å². The van der Waals surface area contributed by atoms with Crippen LogP contribution < -0.4 is 0 Å². The van der Waals surface area contributed by atoms with Crippen molar-refractivity contribution in [1.29, 1.82) is 0 Å². The van der Waals surface area contributed by atoms with Crippen molar-refractivity contribution in [1.82, 2.24) is 0 Å². The summed E-state index contributed by atoms with van der Waals surface area (Å²) in [6.45, 7) is 6.40. The fraction of sp³-hybridized carbons (Fsp3) is 0.824. The predicted octanol–water partition coefficient (Wildman–Crippen LogP) is 5.72. The van der Waals surface area contributed by atoms with Crippen molar-refractivity contribution < 1.29 is 9.90 Å². The summed E-state index contributed by atoms with van der Waals surface area (Å²) in [5, 5.41) is 8.51. The Kier molecular flexibility index (Phi) is 13.1. The summed E-state index contributed by atoms with van der Waals surface area (Å²) in [4.78, 5) is 10.3. The molecular formula is C17H32O2. The molecule has 0 heterocycles. The van der Waals surface area contributed by atoms with Crippen LogP contribution in [0.5, 0.6) is 0 Å². The molecule has 0 rings (SSSR count). The Balaban J connectivity index is 3.18. The molecule has 0 saturated heterocycles. The van der Waals surface area contributed by atoms with Gasteiger partial charge in [0.1, 0.15) is 0 Å². The minimum absolute atomic E-state index is 0.324. The molecule has 0 aromatic rings. The van der Waals surface area contributed by atoms with E-state index in [1.54, 1.807) is 0 Å². The van der Waals surface area contributed by atoms with Gasteiger partial charge >= 0.3 is 5.97 Å². The highest BCUT2D eigenvalue weighted by Gasteiger charge is 1.98. The number of unbranched alkanes of at least 4 members (excludes halogenated alkanes) is 8. The predicted molar refractivity (Wildman–Crippen MR) is 82.5 cm³/mol. The Bertz CT molecular complexity index is 233. The fourth-order valence-electron chi connectivity index (χ4n) is 2.29. The lowest BCUT2D eigenvalue weighted by atomic mass is 10.0. The van der Waals surface area contributed by atoms with E-state index in [0.29, 0.717) is 6.42 Å². The highest BCUT2D eigenvalue weighted by molar-refractivity contribution is 5.66. The second-order valence-corrected chi connectivity index (χ2v) is 5.58. The first-order valence-electron chi connectivity index (χ1n) is 8.05. The molecule has 0 fully saturated rings. The third-order valence-electron chi connectivity index (χ3n) is 3.55. The second kappa shape index (κ2) is 13.6.